The quantitative estimate of drug-likeness (QED) is 0.282. The van der Waals surface area contributed by atoms with E-state index in [1.807, 2.05) is 13.8 Å². The van der Waals surface area contributed by atoms with Crippen molar-refractivity contribution in [1.82, 2.24) is 0 Å². The van der Waals surface area contributed by atoms with E-state index < -0.39 is 21.8 Å². The van der Waals surface area contributed by atoms with Crippen LogP contribution < -0.4 is 0 Å². The Morgan fingerprint density at radius 1 is 0.645 bits per heavy atom. The van der Waals surface area contributed by atoms with E-state index in [0.717, 1.165) is 49.7 Å². The molecule has 2 aromatic rings. The van der Waals surface area contributed by atoms with E-state index in [2.05, 4.69) is 0 Å². The van der Waals surface area contributed by atoms with Crippen LogP contribution in [0.2, 0.25) is 0 Å². The molecule has 0 saturated carbocycles. The maximum absolute atomic E-state index is 14.0. The van der Waals surface area contributed by atoms with Crippen molar-refractivity contribution in [2.45, 2.75) is 74.2 Å². The second-order valence-corrected chi connectivity index (χ2v) is 9.49. The molecule has 0 bridgehead atoms. The first-order chi connectivity index (χ1) is 14.5. The minimum absolute atomic E-state index is 0.0358. The zero-order chi connectivity index (χ0) is 22.9. The van der Waals surface area contributed by atoms with Crippen molar-refractivity contribution < 1.29 is 26.3 Å². The average Bonchev–Trinajstić information content (AvgIpc) is 3.45. The predicted octanol–water partition coefficient (Wildman–Crippen LogP) is 8.23. The minimum Gasteiger partial charge on any atom is -0.169 e. The van der Waals surface area contributed by atoms with Crippen molar-refractivity contribution in [3.8, 4) is 0 Å². The SMILES string of the molecule is CCCCc1ccc(C2(c3ccc(CCCC)cc3)SC2(C(F)(F)F)C(F)(F)F)cc1. The van der Waals surface area contributed by atoms with E-state index in [1.54, 1.807) is 24.3 Å². The number of hydrogen-bond donors (Lipinski definition) is 0. The fraction of sp³-hybridized carbons (Fsp3) is 0.500. The predicted molar refractivity (Wildman–Crippen MR) is 113 cm³/mol. The number of rotatable bonds is 8. The van der Waals surface area contributed by atoms with Gasteiger partial charge < -0.3 is 0 Å². The molecule has 0 N–H and O–H groups in total. The van der Waals surface area contributed by atoms with Gasteiger partial charge in [0, 0.05) is 0 Å². The standard InChI is InChI=1S/C24H26F6S/c1-3-5-7-17-9-13-19(14-10-17)21(20-15-11-18(12-16-20)8-6-4-2)22(31-21,23(25,26)27)24(28,29)30/h9-16H,3-8H2,1-2H3. The molecular formula is C24H26F6S. The maximum Gasteiger partial charge on any atom is 0.414 e. The third kappa shape index (κ3) is 4.10. The molecule has 1 heterocycles. The lowest BCUT2D eigenvalue weighted by atomic mass is 9.79. The summed E-state index contributed by atoms with van der Waals surface area (Å²) in [4.78, 5) is 0. The lowest BCUT2D eigenvalue weighted by molar-refractivity contribution is -0.258. The number of aryl methyl sites for hydroxylation is 2. The molecule has 7 heteroatoms. The fourth-order valence-electron chi connectivity index (χ4n) is 4.14. The lowest BCUT2D eigenvalue weighted by Gasteiger charge is -2.28. The fourth-order valence-corrected chi connectivity index (χ4v) is 5.76. The Bertz CT molecular complexity index is 799. The topological polar surface area (TPSA) is 0 Å². The molecule has 31 heavy (non-hydrogen) atoms. The normalized spacial score (nSPS) is 17.5. The van der Waals surface area contributed by atoms with E-state index in [1.165, 1.54) is 24.3 Å². The number of hydrogen-bond acceptors (Lipinski definition) is 1. The molecule has 0 atom stereocenters. The molecule has 0 aliphatic carbocycles. The number of unbranched alkanes of at least 4 members (excludes halogenated alkanes) is 2. The van der Waals surface area contributed by atoms with Crippen LogP contribution in [0.3, 0.4) is 0 Å². The van der Waals surface area contributed by atoms with Gasteiger partial charge in [-0.1, -0.05) is 75.2 Å². The van der Waals surface area contributed by atoms with Gasteiger partial charge in [-0.25, -0.2) is 0 Å². The molecule has 1 fully saturated rings. The summed E-state index contributed by atoms with van der Waals surface area (Å²) in [7, 11) is 0. The van der Waals surface area contributed by atoms with Gasteiger partial charge in [-0.2, -0.15) is 26.3 Å². The highest BCUT2D eigenvalue weighted by atomic mass is 32.2. The van der Waals surface area contributed by atoms with Gasteiger partial charge in [-0.3, -0.25) is 0 Å². The Morgan fingerprint density at radius 3 is 1.26 bits per heavy atom. The smallest absolute Gasteiger partial charge is 0.169 e. The zero-order valence-electron chi connectivity index (χ0n) is 17.5. The molecule has 0 aromatic heterocycles. The van der Waals surface area contributed by atoms with Crippen LogP contribution in [0, 0.1) is 0 Å². The molecule has 170 valence electrons. The summed E-state index contributed by atoms with van der Waals surface area (Å²) in [6.45, 7) is 4.05. The Hall–Kier alpha value is -1.63. The Morgan fingerprint density at radius 2 is 1.00 bits per heavy atom. The molecule has 0 nitrogen and oxygen atoms in total. The summed E-state index contributed by atoms with van der Waals surface area (Å²) in [6, 6.07) is 12.3. The van der Waals surface area contributed by atoms with E-state index in [9.17, 15) is 26.3 Å². The number of alkyl halides is 6. The Kier molecular flexibility index (Phi) is 6.76. The third-order valence-electron chi connectivity index (χ3n) is 5.92. The van der Waals surface area contributed by atoms with Crippen molar-refractivity contribution >= 4 is 11.8 Å². The highest BCUT2D eigenvalue weighted by molar-refractivity contribution is 8.09. The largest absolute Gasteiger partial charge is 0.414 e. The molecule has 0 amide bonds. The van der Waals surface area contributed by atoms with E-state index in [-0.39, 0.29) is 22.9 Å². The van der Waals surface area contributed by atoms with Gasteiger partial charge in [-0.15, -0.1) is 11.8 Å². The third-order valence-corrected chi connectivity index (χ3v) is 7.87. The summed E-state index contributed by atoms with van der Waals surface area (Å²) in [6.07, 6.45) is -5.68. The lowest BCUT2D eigenvalue weighted by Crippen LogP contribution is -2.50. The van der Waals surface area contributed by atoms with Crippen molar-refractivity contribution in [2.24, 2.45) is 0 Å². The first-order valence-electron chi connectivity index (χ1n) is 10.6. The minimum atomic E-state index is -5.45. The van der Waals surface area contributed by atoms with Gasteiger partial charge in [0.2, 0.25) is 4.75 Å². The van der Waals surface area contributed by atoms with E-state index in [4.69, 9.17) is 0 Å². The van der Waals surface area contributed by atoms with Crippen molar-refractivity contribution in [1.29, 1.82) is 0 Å². The summed E-state index contributed by atoms with van der Waals surface area (Å²) in [5.74, 6) is 0. The maximum atomic E-state index is 14.0. The van der Waals surface area contributed by atoms with Crippen LogP contribution in [-0.4, -0.2) is 17.1 Å². The number of benzene rings is 2. The molecular weight excluding hydrogens is 434 g/mol. The number of halogens is 6. The molecule has 0 unspecified atom stereocenters. The van der Waals surface area contributed by atoms with Crippen molar-refractivity contribution in [2.75, 3.05) is 0 Å². The van der Waals surface area contributed by atoms with E-state index in [0.29, 0.717) is 0 Å². The molecule has 1 aliphatic heterocycles. The zero-order valence-corrected chi connectivity index (χ0v) is 18.4. The number of thioether (sulfide) groups is 1. The van der Waals surface area contributed by atoms with E-state index >= 15 is 0 Å². The summed E-state index contributed by atoms with van der Waals surface area (Å²) >= 11 is -0.0510. The highest BCUT2D eigenvalue weighted by Crippen LogP contribution is 2.82. The van der Waals surface area contributed by atoms with Gasteiger partial charge in [0.05, 0.1) is 4.75 Å². The average molecular weight is 461 g/mol. The summed E-state index contributed by atoms with van der Waals surface area (Å²) in [5, 5.41) is 0. The van der Waals surface area contributed by atoms with Crippen molar-refractivity contribution in [3.05, 3.63) is 70.8 Å². The highest BCUT2D eigenvalue weighted by Gasteiger charge is 2.93. The van der Waals surface area contributed by atoms with Crippen LogP contribution >= 0.6 is 11.8 Å². The van der Waals surface area contributed by atoms with Crippen molar-refractivity contribution in [3.63, 3.8) is 0 Å². The Labute approximate surface area is 183 Å². The summed E-state index contributed by atoms with van der Waals surface area (Å²) in [5.41, 5.74) is 1.89. The van der Waals surface area contributed by atoms with Crippen LogP contribution in [0.25, 0.3) is 0 Å². The second kappa shape index (κ2) is 8.72. The molecule has 3 rings (SSSR count). The molecule has 1 saturated heterocycles. The first-order valence-corrected chi connectivity index (χ1v) is 11.4. The van der Waals surface area contributed by atoms with Crippen LogP contribution in [0.1, 0.15) is 61.8 Å². The molecule has 2 aromatic carbocycles. The van der Waals surface area contributed by atoms with Crippen LogP contribution in [0.5, 0.6) is 0 Å². The molecule has 0 radical (unpaired) electrons. The van der Waals surface area contributed by atoms with Crippen LogP contribution in [0.4, 0.5) is 26.3 Å². The van der Waals surface area contributed by atoms with Gasteiger partial charge in [0.25, 0.3) is 0 Å². The first kappa shape index (κ1) is 24.0. The monoisotopic (exact) mass is 460 g/mol. The Balaban J connectivity index is 2.10. The second-order valence-electron chi connectivity index (χ2n) is 8.06. The van der Waals surface area contributed by atoms with Crippen LogP contribution in [-0.2, 0) is 17.6 Å². The van der Waals surface area contributed by atoms with Gasteiger partial charge in [-0.05, 0) is 47.9 Å². The summed E-state index contributed by atoms with van der Waals surface area (Å²) < 4.78 is 78.0. The van der Waals surface area contributed by atoms with Gasteiger partial charge in [0.1, 0.15) is 0 Å². The van der Waals surface area contributed by atoms with Crippen LogP contribution in [0.15, 0.2) is 48.5 Å². The van der Waals surface area contributed by atoms with Gasteiger partial charge >= 0.3 is 12.4 Å². The van der Waals surface area contributed by atoms with Gasteiger partial charge in [0.15, 0.2) is 0 Å². The molecule has 1 aliphatic rings. The molecule has 0 spiro atoms.